The normalized spacial score (nSPS) is 18.3. The Kier molecular flexibility index (Phi) is 4.08. The molecule has 124 valence electrons. The topological polar surface area (TPSA) is 60.0 Å². The molecule has 0 amide bonds. The first-order valence-corrected chi connectivity index (χ1v) is 8.38. The van der Waals surface area contributed by atoms with Crippen LogP contribution in [0.25, 0.3) is 11.4 Å². The van der Waals surface area contributed by atoms with Crippen LogP contribution in [0.1, 0.15) is 30.3 Å². The lowest BCUT2D eigenvalue weighted by Gasteiger charge is -2.21. The third kappa shape index (κ3) is 3.07. The average molecular weight is 344 g/mol. The summed E-state index contributed by atoms with van der Waals surface area (Å²) in [6, 6.07) is 7.83. The maximum absolute atomic E-state index is 6.03. The molecule has 1 saturated heterocycles. The molecule has 3 aromatic rings. The molecule has 3 heterocycles. The van der Waals surface area contributed by atoms with E-state index in [1.54, 1.807) is 0 Å². The van der Waals surface area contributed by atoms with Crippen molar-refractivity contribution in [2.24, 2.45) is 7.05 Å². The molecule has 0 saturated carbocycles. The summed E-state index contributed by atoms with van der Waals surface area (Å²) >= 11 is 6.03. The van der Waals surface area contributed by atoms with Gasteiger partial charge in [-0.2, -0.15) is 10.1 Å². The van der Waals surface area contributed by atoms with Gasteiger partial charge >= 0.3 is 0 Å². The standard InChI is InChI=1S/C17H18ClN5O/c1-22-10-13(9-19-22)15-6-3-7-23(15)11-16-20-17(21-24-16)12-4-2-5-14(18)8-12/h2,4-5,8-10,15H,3,6-7,11H2,1H3/t15-/m0/s1. The van der Waals surface area contributed by atoms with Gasteiger partial charge in [-0.3, -0.25) is 9.58 Å². The van der Waals surface area contributed by atoms with Gasteiger partial charge in [-0.15, -0.1) is 0 Å². The van der Waals surface area contributed by atoms with Crippen LogP contribution in [0.3, 0.4) is 0 Å². The summed E-state index contributed by atoms with van der Waals surface area (Å²) in [6.07, 6.45) is 6.30. The van der Waals surface area contributed by atoms with Crippen LogP contribution in [0.4, 0.5) is 0 Å². The smallest absolute Gasteiger partial charge is 0.241 e. The third-order valence-corrected chi connectivity index (χ3v) is 4.60. The number of hydrogen-bond donors (Lipinski definition) is 0. The van der Waals surface area contributed by atoms with Crippen molar-refractivity contribution in [3.05, 3.63) is 53.1 Å². The molecule has 0 N–H and O–H groups in total. The van der Waals surface area contributed by atoms with Crippen molar-refractivity contribution < 1.29 is 4.52 Å². The van der Waals surface area contributed by atoms with Crippen LogP contribution in [0, 0.1) is 0 Å². The average Bonchev–Trinajstić information content (AvgIpc) is 3.28. The van der Waals surface area contributed by atoms with Gasteiger partial charge in [0.25, 0.3) is 0 Å². The lowest BCUT2D eigenvalue weighted by molar-refractivity contribution is 0.212. The maximum Gasteiger partial charge on any atom is 0.241 e. The molecule has 0 spiro atoms. The first kappa shape index (κ1) is 15.4. The highest BCUT2D eigenvalue weighted by Crippen LogP contribution is 2.32. The second-order valence-corrected chi connectivity index (χ2v) is 6.53. The first-order valence-electron chi connectivity index (χ1n) is 8.00. The van der Waals surface area contributed by atoms with Gasteiger partial charge in [0.05, 0.1) is 12.7 Å². The molecule has 6 nitrogen and oxygen atoms in total. The molecule has 0 radical (unpaired) electrons. The maximum atomic E-state index is 6.03. The monoisotopic (exact) mass is 343 g/mol. The van der Waals surface area contributed by atoms with E-state index >= 15 is 0 Å². The number of benzene rings is 1. The molecule has 1 aliphatic heterocycles. The molecule has 1 fully saturated rings. The van der Waals surface area contributed by atoms with E-state index in [0.717, 1.165) is 24.9 Å². The largest absolute Gasteiger partial charge is 0.338 e. The number of aryl methyl sites for hydroxylation is 1. The van der Waals surface area contributed by atoms with Crippen LogP contribution in [-0.2, 0) is 13.6 Å². The summed E-state index contributed by atoms with van der Waals surface area (Å²) in [5.74, 6) is 1.20. The van der Waals surface area contributed by atoms with E-state index < -0.39 is 0 Å². The van der Waals surface area contributed by atoms with Crippen molar-refractivity contribution >= 4 is 11.6 Å². The van der Waals surface area contributed by atoms with E-state index in [-0.39, 0.29) is 0 Å². The highest BCUT2D eigenvalue weighted by molar-refractivity contribution is 6.30. The highest BCUT2D eigenvalue weighted by Gasteiger charge is 2.28. The van der Waals surface area contributed by atoms with Gasteiger partial charge in [0.2, 0.25) is 11.7 Å². The van der Waals surface area contributed by atoms with Gasteiger partial charge < -0.3 is 4.52 Å². The molecule has 7 heteroatoms. The molecule has 1 aromatic carbocycles. The molecule has 4 rings (SSSR count). The van der Waals surface area contributed by atoms with E-state index in [4.69, 9.17) is 16.1 Å². The molecule has 1 aliphatic rings. The first-order chi connectivity index (χ1) is 11.7. The highest BCUT2D eigenvalue weighted by atomic mass is 35.5. The summed E-state index contributed by atoms with van der Waals surface area (Å²) in [5, 5.41) is 9.03. The van der Waals surface area contributed by atoms with Crippen LogP contribution >= 0.6 is 11.6 Å². The van der Waals surface area contributed by atoms with Gasteiger partial charge in [0, 0.05) is 35.4 Å². The minimum Gasteiger partial charge on any atom is -0.338 e. The van der Waals surface area contributed by atoms with Gasteiger partial charge in [0.1, 0.15) is 0 Å². The van der Waals surface area contributed by atoms with Gasteiger partial charge in [-0.1, -0.05) is 28.9 Å². The summed E-state index contributed by atoms with van der Waals surface area (Å²) in [6.45, 7) is 1.67. The Balaban J connectivity index is 1.51. The zero-order chi connectivity index (χ0) is 16.5. The van der Waals surface area contributed by atoms with Crippen LogP contribution in [0.15, 0.2) is 41.2 Å². The molecule has 0 bridgehead atoms. The van der Waals surface area contributed by atoms with Crippen molar-refractivity contribution in [1.82, 2.24) is 24.8 Å². The van der Waals surface area contributed by atoms with E-state index in [2.05, 4.69) is 26.3 Å². The Labute approximate surface area is 145 Å². The second kappa shape index (κ2) is 6.37. The molecule has 24 heavy (non-hydrogen) atoms. The van der Waals surface area contributed by atoms with E-state index in [1.807, 2.05) is 42.2 Å². The fraction of sp³-hybridized carbons (Fsp3) is 0.353. The fourth-order valence-corrected chi connectivity index (χ4v) is 3.43. The van der Waals surface area contributed by atoms with E-state index in [1.165, 1.54) is 5.56 Å². The lowest BCUT2D eigenvalue weighted by Crippen LogP contribution is -2.22. The van der Waals surface area contributed by atoms with Crippen molar-refractivity contribution in [2.75, 3.05) is 6.54 Å². The Morgan fingerprint density at radius 1 is 1.38 bits per heavy atom. The zero-order valence-corrected chi connectivity index (χ0v) is 14.1. The minimum atomic E-state index is 0.361. The second-order valence-electron chi connectivity index (χ2n) is 6.10. The van der Waals surface area contributed by atoms with Gasteiger partial charge in [-0.25, -0.2) is 0 Å². The number of nitrogens with zero attached hydrogens (tertiary/aromatic N) is 5. The summed E-state index contributed by atoms with van der Waals surface area (Å²) in [5.41, 5.74) is 2.10. The lowest BCUT2D eigenvalue weighted by atomic mass is 10.1. The van der Waals surface area contributed by atoms with Crippen LogP contribution < -0.4 is 0 Å². The summed E-state index contributed by atoms with van der Waals surface area (Å²) < 4.78 is 7.29. The van der Waals surface area contributed by atoms with Crippen LogP contribution in [-0.4, -0.2) is 31.4 Å². The molecule has 1 atom stereocenters. The number of aromatic nitrogens is 4. The fourth-order valence-electron chi connectivity index (χ4n) is 3.24. The van der Waals surface area contributed by atoms with Crippen molar-refractivity contribution in [3.63, 3.8) is 0 Å². The number of halogens is 1. The minimum absolute atomic E-state index is 0.361. The Bertz CT molecular complexity index is 843. The molecule has 2 aromatic heterocycles. The predicted molar refractivity (Wildman–Crippen MR) is 90.3 cm³/mol. The number of likely N-dealkylation sites (tertiary alicyclic amines) is 1. The summed E-state index contributed by atoms with van der Waals surface area (Å²) in [4.78, 5) is 6.89. The Hall–Kier alpha value is -2.18. The zero-order valence-electron chi connectivity index (χ0n) is 13.4. The Morgan fingerprint density at radius 2 is 2.29 bits per heavy atom. The van der Waals surface area contributed by atoms with Crippen LogP contribution in [0.2, 0.25) is 5.02 Å². The van der Waals surface area contributed by atoms with E-state index in [9.17, 15) is 0 Å². The number of rotatable bonds is 4. The molecular formula is C17H18ClN5O. The van der Waals surface area contributed by atoms with E-state index in [0.29, 0.717) is 29.3 Å². The van der Waals surface area contributed by atoms with Crippen molar-refractivity contribution in [1.29, 1.82) is 0 Å². The Morgan fingerprint density at radius 3 is 3.08 bits per heavy atom. The quantitative estimate of drug-likeness (QED) is 0.726. The SMILES string of the molecule is Cn1cc([C@@H]2CCCN2Cc2nc(-c3cccc(Cl)c3)no2)cn1. The number of hydrogen-bond acceptors (Lipinski definition) is 5. The van der Waals surface area contributed by atoms with Gasteiger partial charge in [-0.05, 0) is 31.5 Å². The molecule has 0 unspecified atom stereocenters. The predicted octanol–water partition coefficient (Wildman–Crippen LogP) is 3.46. The summed E-state index contributed by atoms with van der Waals surface area (Å²) in [7, 11) is 1.94. The molecular weight excluding hydrogens is 326 g/mol. The van der Waals surface area contributed by atoms with Gasteiger partial charge in [0.15, 0.2) is 0 Å². The van der Waals surface area contributed by atoms with Crippen LogP contribution in [0.5, 0.6) is 0 Å². The third-order valence-electron chi connectivity index (χ3n) is 4.36. The molecule has 0 aliphatic carbocycles. The van der Waals surface area contributed by atoms with Crippen molar-refractivity contribution in [3.8, 4) is 11.4 Å². The van der Waals surface area contributed by atoms with Crippen molar-refractivity contribution in [2.45, 2.75) is 25.4 Å².